The molecule has 1 fully saturated rings. The van der Waals surface area contributed by atoms with E-state index in [4.69, 9.17) is 4.74 Å². The first-order valence-electron chi connectivity index (χ1n) is 6.02. The number of thioether (sulfide) groups is 1. The molecule has 1 aromatic rings. The Balaban J connectivity index is 2.07. The van der Waals surface area contributed by atoms with Crippen molar-refractivity contribution in [2.45, 2.75) is 37.0 Å². The second-order valence-electron chi connectivity index (χ2n) is 4.91. The van der Waals surface area contributed by atoms with E-state index in [0.29, 0.717) is 23.2 Å². The Morgan fingerprint density at radius 1 is 1.25 bits per heavy atom. The monoisotopic (exact) mass is 236 g/mol. The number of hydrogen-bond donors (Lipinski definition) is 0. The summed E-state index contributed by atoms with van der Waals surface area (Å²) in [5.41, 5.74) is 0. The standard InChI is InChI=1S/C14H20OS/c1-10(2)13-14(11(3)9-15-13)16-12-7-5-4-6-8-12/h4-8,10-11,13-14H,9H2,1-3H3/t11-,13+,14+/m0/s1. The Morgan fingerprint density at radius 3 is 2.56 bits per heavy atom. The van der Waals surface area contributed by atoms with Crippen LogP contribution in [0.1, 0.15) is 20.8 Å². The SMILES string of the molecule is CC(C)[C@H]1OC[C@H](C)[C@H]1Sc1ccccc1. The molecule has 88 valence electrons. The van der Waals surface area contributed by atoms with Crippen LogP contribution in [0.2, 0.25) is 0 Å². The number of rotatable bonds is 3. The molecule has 3 atom stereocenters. The summed E-state index contributed by atoms with van der Waals surface area (Å²) >= 11 is 1.97. The van der Waals surface area contributed by atoms with E-state index in [2.05, 4.69) is 51.1 Å². The Kier molecular flexibility index (Phi) is 3.93. The van der Waals surface area contributed by atoms with Crippen molar-refractivity contribution in [3.05, 3.63) is 30.3 Å². The van der Waals surface area contributed by atoms with Crippen LogP contribution in [0.25, 0.3) is 0 Å². The zero-order valence-electron chi connectivity index (χ0n) is 10.2. The molecule has 0 saturated carbocycles. The van der Waals surface area contributed by atoms with Crippen LogP contribution < -0.4 is 0 Å². The molecule has 0 radical (unpaired) electrons. The molecule has 0 aromatic heterocycles. The van der Waals surface area contributed by atoms with Gasteiger partial charge in [-0.2, -0.15) is 0 Å². The topological polar surface area (TPSA) is 9.23 Å². The van der Waals surface area contributed by atoms with Crippen LogP contribution in [0, 0.1) is 11.8 Å². The summed E-state index contributed by atoms with van der Waals surface area (Å²) in [6, 6.07) is 10.7. The summed E-state index contributed by atoms with van der Waals surface area (Å²) in [5.74, 6) is 1.25. The fourth-order valence-corrected chi connectivity index (χ4v) is 3.65. The van der Waals surface area contributed by atoms with E-state index in [9.17, 15) is 0 Å². The van der Waals surface area contributed by atoms with E-state index < -0.39 is 0 Å². The molecule has 0 bridgehead atoms. The van der Waals surface area contributed by atoms with Gasteiger partial charge < -0.3 is 4.74 Å². The summed E-state index contributed by atoms with van der Waals surface area (Å²) in [7, 11) is 0. The van der Waals surface area contributed by atoms with E-state index in [1.54, 1.807) is 0 Å². The average molecular weight is 236 g/mol. The number of benzene rings is 1. The third kappa shape index (κ3) is 2.61. The molecule has 1 saturated heterocycles. The van der Waals surface area contributed by atoms with Gasteiger partial charge in [0.05, 0.1) is 12.7 Å². The summed E-state index contributed by atoms with van der Waals surface area (Å²) in [4.78, 5) is 1.36. The minimum absolute atomic E-state index is 0.403. The van der Waals surface area contributed by atoms with E-state index in [1.807, 2.05) is 11.8 Å². The lowest BCUT2D eigenvalue weighted by Gasteiger charge is -2.23. The molecule has 1 aromatic carbocycles. The molecule has 2 heteroatoms. The van der Waals surface area contributed by atoms with Crippen LogP contribution in [-0.4, -0.2) is 18.0 Å². The Morgan fingerprint density at radius 2 is 1.94 bits per heavy atom. The van der Waals surface area contributed by atoms with Crippen LogP contribution in [0.15, 0.2) is 35.2 Å². The zero-order chi connectivity index (χ0) is 11.5. The van der Waals surface area contributed by atoms with Crippen LogP contribution in [0.5, 0.6) is 0 Å². The lowest BCUT2D eigenvalue weighted by Crippen LogP contribution is -2.27. The minimum Gasteiger partial charge on any atom is -0.376 e. The second-order valence-corrected chi connectivity index (χ2v) is 6.17. The quantitative estimate of drug-likeness (QED) is 0.788. The van der Waals surface area contributed by atoms with Gasteiger partial charge in [-0.25, -0.2) is 0 Å². The molecule has 0 amide bonds. The molecule has 1 nitrogen and oxygen atoms in total. The highest BCUT2D eigenvalue weighted by atomic mass is 32.2. The highest BCUT2D eigenvalue weighted by Gasteiger charge is 2.36. The summed E-state index contributed by atoms with van der Waals surface area (Å²) in [5, 5.41) is 0.599. The van der Waals surface area contributed by atoms with Gasteiger partial charge in [0.1, 0.15) is 0 Å². The van der Waals surface area contributed by atoms with Crippen molar-refractivity contribution in [3.8, 4) is 0 Å². The molecule has 2 rings (SSSR count). The second kappa shape index (κ2) is 5.24. The normalized spacial score (nSPS) is 29.9. The third-order valence-electron chi connectivity index (χ3n) is 3.11. The van der Waals surface area contributed by atoms with Crippen molar-refractivity contribution in [2.24, 2.45) is 11.8 Å². The lowest BCUT2D eigenvalue weighted by molar-refractivity contribution is 0.0754. The van der Waals surface area contributed by atoms with Crippen LogP contribution in [0.3, 0.4) is 0 Å². The maximum absolute atomic E-state index is 5.89. The first-order chi connectivity index (χ1) is 7.68. The maximum atomic E-state index is 5.89. The van der Waals surface area contributed by atoms with Gasteiger partial charge in [-0.15, -0.1) is 11.8 Å². The highest BCUT2D eigenvalue weighted by Crippen LogP contribution is 2.38. The predicted molar refractivity (Wildman–Crippen MR) is 69.8 cm³/mol. The van der Waals surface area contributed by atoms with Gasteiger partial charge in [-0.05, 0) is 24.0 Å². The van der Waals surface area contributed by atoms with E-state index in [-0.39, 0.29) is 0 Å². The first kappa shape index (κ1) is 12.0. The summed E-state index contributed by atoms with van der Waals surface area (Å²) in [6.45, 7) is 7.71. The zero-order valence-corrected chi connectivity index (χ0v) is 11.0. The maximum Gasteiger partial charge on any atom is 0.0723 e. The van der Waals surface area contributed by atoms with Gasteiger partial charge in [0.15, 0.2) is 0 Å². The lowest BCUT2D eigenvalue weighted by atomic mass is 9.99. The highest BCUT2D eigenvalue weighted by molar-refractivity contribution is 8.00. The van der Waals surface area contributed by atoms with Crippen molar-refractivity contribution in [2.75, 3.05) is 6.61 Å². The Hall–Kier alpha value is -0.470. The molecule has 0 spiro atoms. The van der Waals surface area contributed by atoms with Crippen molar-refractivity contribution in [1.82, 2.24) is 0 Å². The van der Waals surface area contributed by atoms with Gasteiger partial charge in [-0.1, -0.05) is 39.0 Å². The van der Waals surface area contributed by atoms with Gasteiger partial charge in [-0.3, -0.25) is 0 Å². The van der Waals surface area contributed by atoms with Gasteiger partial charge >= 0.3 is 0 Å². The summed E-state index contributed by atoms with van der Waals surface area (Å²) < 4.78 is 5.89. The van der Waals surface area contributed by atoms with Crippen molar-refractivity contribution >= 4 is 11.8 Å². The van der Waals surface area contributed by atoms with Gasteiger partial charge in [0, 0.05) is 10.1 Å². The number of ether oxygens (including phenoxy) is 1. The van der Waals surface area contributed by atoms with Crippen molar-refractivity contribution in [1.29, 1.82) is 0 Å². The van der Waals surface area contributed by atoms with Crippen LogP contribution in [-0.2, 0) is 4.74 Å². The predicted octanol–water partition coefficient (Wildman–Crippen LogP) is 3.84. The van der Waals surface area contributed by atoms with Crippen LogP contribution in [0.4, 0.5) is 0 Å². The Bertz CT molecular complexity index is 323. The largest absolute Gasteiger partial charge is 0.376 e. The molecule has 0 aliphatic carbocycles. The Labute approximate surface area is 103 Å². The van der Waals surface area contributed by atoms with Crippen molar-refractivity contribution < 1.29 is 4.74 Å². The van der Waals surface area contributed by atoms with E-state index in [0.717, 1.165) is 6.61 Å². The molecule has 1 heterocycles. The smallest absolute Gasteiger partial charge is 0.0723 e. The van der Waals surface area contributed by atoms with Gasteiger partial charge in [0.2, 0.25) is 0 Å². The fraction of sp³-hybridized carbons (Fsp3) is 0.571. The fourth-order valence-electron chi connectivity index (χ4n) is 2.19. The van der Waals surface area contributed by atoms with Crippen molar-refractivity contribution in [3.63, 3.8) is 0 Å². The number of hydrogen-bond acceptors (Lipinski definition) is 2. The van der Waals surface area contributed by atoms with E-state index >= 15 is 0 Å². The minimum atomic E-state index is 0.403. The molecular formula is C14H20OS. The third-order valence-corrected chi connectivity index (χ3v) is 4.66. The summed E-state index contributed by atoms with van der Waals surface area (Å²) in [6.07, 6.45) is 0.403. The molecule has 16 heavy (non-hydrogen) atoms. The average Bonchev–Trinajstić information content (AvgIpc) is 2.62. The molecule has 1 aliphatic heterocycles. The van der Waals surface area contributed by atoms with Gasteiger partial charge in [0.25, 0.3) is 0 Å². The first-order valence-corrected chi connectivity index (χ1v) is 6.89. The molecular weight excluding hydrogens is 216 g/mol. The molecule has 0 N–H and O–H groups in total. The molecule has 0 unspecified atom stereocenters. The molecule has 1 aliphatic rings. The van der Waals surface area contributed by atoms with E-state index in [1.165, 1.54) is 4.90 Å². The van der Waals surface area contributed by atoms with Crippen LogP contribution >= 0.6 is 11.8 Å².